The number of hydrogen-bond acceptors (Lipinski definition) is 4. The van der Waals surface area contributed by atoms with Gasteiger partial charge in [0.15, 0.2) is 0 Å². The highest BCUT2D eigenvalue weighted by Gasteiger charge is 2.27. The van der Waals surface area contributed by atoms with E-state index in [0.717, 1.165) is 6.07 Å². The Labute approximate surface area is 114 Å². The zero-order valence-electron chi connectivity index (χ0n) is 10.1. The molecule has 0 atom stereocenters. The van der Waals surface area contributed by atoms with Gasteiger partial charge in [0.25, 0.3) is 0 Å². The molecule has 0 heterocycles. The lowest BCUT2D eigenvalue weighted by Crippen LogP contribution is -1.98. The van der Waals surface area contributed by atoms with E-state index in [9.17, 15) is 20.2 Å². The quantitative estimate of drug-likeness (QED) is 0.476. The molecule has 0 unspecified atom stereocenters. The van der Waals surface area contributed by atoms with Crippen LogP contribution in [0.15, 0.2) is 48.5 Å². The van der Waals surface area contributed by atoms with Crippen molar-refractivity contribution in [1.29, 1.82) is 0 Å². The number of rotatable bonds is 2. The van der Waals surface area contributed by atoms with E-state index in [1.165, 1.54) is 12.1 Å². The van der Waals surface area contributed by atoms with Crippen molar-refractivity contribution in [1.82, 2.24) is 0 Å². The highest BCUT2D eigenvalue weighted by Crippen LogP contribution is 2.29. The van der Waals surface area contributed by atoms with Gasteiger partial charge in [-0.1, -0.05) is 36.1 Å². The molecule has 0 amide bonds. The van der Waals surface area contributed by atoms with Crippen LogP contribution >= 0.6 is 0 Å². The van der Waals surface area contributed by atoms with Crippen LogP contribution in [-0.4, -0.2) is 9.85 Å². The lowest BCUT2D eigenvalue weighted by molar-refractivity contribution is -0.422. The molecule has 0 spiro atoms. The second-order valence-corrected chi connectivity index (χ2v) is 3.80. The van der Waals surface area contributed by atoms with Crippen molar-refractivity contribution >= 4 is 11.4 Å². The van der Waals surface area contributed by atoms with Crippen LogP contribution in [0, 0.1) is 32.1 Å². The van der Waals surface area contributed by atoms with E-state index < -0.39 is 21.2 Å². The molecule has 0 saturated heterocycles. The van der Waals surface area contributed by atoms with Gasteiger partial charge in [0.05, 0.1) is 9.85 Å². The van der Waals surface area contributed by atoms with Gasteiger partial charge in [0.2, 0.25) is 0 Å². The average Bonchev–Trinajstić information content (AvgIpc) is 2.45. The van der Waals surface area contributed by atoms with Crippen LogP contribution in [0.3, 0.4) is 0 Å². The summed E-state index contributed by atoms with van der Waals surface area (Å²) in [4.78, 5) is 20.2. The lowest BCUT2D eigenvalue weighted by atomic mass is 10.1. The third-order valence-corrected chi connectivity index (χ3v) is 2.51. The fraction of sp³-hybridized carbons (Fsp3) is 0. The molecule has 0 aliphatic carbocycles. The minimum Gasteiger partial charge on any atom is -0.258 e. The molecular weight excluding hydrogens is 260 g/mol. The van der Waals surface area contributed by atoms with Gasteiger partial charge in [-0.15, -0.1) is 0 Å². The van der Waals surface area contributed by atoms with E-state index in [-0.39, 0.29) is 5.56 Å². The van der Waals surface area contributed by atoms with Gasteiger partial charge in [-0.05, 0) is 18.2 Å². The standard InChI is InChI=1S/C14H8N2O4/c17-15(18)13-8-4-7-12(14(13)16(19)20)10-9-11-5-2-1-3-6-11/h1-8H. The summed E-state index contributed by atoms with van der Waals surface area (Å²) < 4.78 is 0. The fourth-order valence-corrected chi connectivity index (χ4v) is 1.63. The fourth-order valence-electron chi connectivity index (χ4n) is 1.63. The number of nitro benzene ring substituents is 2. The van der Waals surface area contributed by atoms with Crippen LogP contribution in [0.2, 0.25) is 0 Å². The molecule has 0 N–H and O–H groups in total. The maximum Gasteiger partial charge on any atom is 0.361 e. The van der Waals surface area contributed by atoms with Crippen LogP contribution in [0.25, 0.3) is 0 Å². The summed E-state index contributed by atoms with van der Waals surface area (Å²) in [5.41, 5.74) is -0.447. The Kier molecular flexibility index (Phi) is 3.72. The van der Waals surface area contributed by atoms with Crippen molar-refractivity contribution in [3.63, 3.8) is 0 Å². The Morgan fingerprint density at radius 1 is 0.800 bits per heavy atom. The van der Waals surface area contributed by atoms with Crippen molar-refractivity contribution in [2.45, 2.75) is 0 Å². The van der Waals surface area contributed by atoms with Crippen LogP contribution in [0.5, 0.6) is 0 Å². The average molecular weight is 268 g/mol. The molecule has 6 heteroatoms. The van der Waals surface area contributed by atoms with Crippen LogP contribution in [-0.2, 0) is 0 Å². The van der Waals surface area contributed by atoms with Crippen molar-refractivity contribution in [3.8, 4) is 11.8 Å². The summed E-state index contributed by atoms with van der Waals surface area (Å²) in [6, 6.07) is 12.7. The molecule has 6 nitrogen and oxygen atoms in total. The van der Waals surface area contributed by atoms with Gasteiger partial charge in [-0.3, -0.25) is 20.2 Å². The summed E-state index contributed by atoms with van der Waals surface area (Å²) in [7, 11) is 0. The summed E-state index contributed by atoms with van der Waals surface area (Å²) in [6.45, 7) is 0. The first kappa shape index (κ1) is 13.2. The van der Waals surface area contributed by atoms with E-state index in [4.69, 9.17) is 0 Å². The van der Waals surface area contributed by atoms with Gasteiger partial charge in [0, 0.05) is 11.6 Å². The first-order valence-electron chi connectivity index (χ1n) is 5.58. The Morgan fingerprint density at radius 3 is 2.10 bits per heavy atom. The SMILES string of the molecule is O=[N+]([O-])c1cccc(C#Cc2ccccc2)c1[N+](=O)[O-]. The lowest BCUT2D eigenvalue weighted by Gasteiger charge is -1.96. The topological polar surface area (TPSA) is 86.3 Å². The smallest absolute Gasteiger partial charge is 0.258 e. The Morgan fingerprint density at radius 2 is 1.50 bits per heavy atom. The Bertz CT molecular complexity index is 730. The largest absolute Gasteiger partial charge is 0.361 e. The van der Waals surface area contributed by atoms with Crippen molar-refractivity contribution in [2.75, 3.05) is 0 Å². The predicted octanol–water partition coefficient (Wildman–Crippen LogP) is 2.90. The number of hydrogen-bond donors (Lipinski definition) is 0. The minimum atomic E-state index is -0.786. The maximum absolute atomic E-state index is 11.0. The van der Waals surface area contributed by atoms with Crippen LogP contribution in [0.1, 0.15) is 11.1 Å². The van der Waals surface area contributed by atoms with E-state index in [2.05, 4.69) is 11.8 Å². The second kappa shape index (κ2) is 5.63. The van der Waals surface area contributed by atoms with E-state index in [1.807, 2.05) is 6.07 Å². The Hall–Kier alpha value is -3.20. The van der Waals surface area contributed by atoms with Gasteiger partial charge in [-0.2, -0.15) is 0 Å². The monoisotopic (exact) mass is 268 g/mol. The molecular formula is C14H8N2O4. The normalized spacial score (nSPS) is 9.40. The highest BCUT2D eigenvalue weighted by molar-refractivity contribution is 5.64. The summed E-state index contributed by atoms with van der Waals surface area (Å²) in [5.74, 6) is 5.36. The first-order valence-corrected chi connectivity index (χ1v) is 5.58. The zero-order valence-corrected chi connectivity index (χ0v) is 10.1. The molecule has 0 radical (unpaired) electrons. The summed E-state index contributed by atoms with van der Waals surface area (Å²) in [6.07, 6.45) is 0. The highest BCUT2D eigenvalue weighted by atomic mass is 16.6. The third-order valence-electron chi connectivity index (χ3n) is 2.51. The summed E-state index contributed by atoms with van der Waals surface area (Å²) in [5, 5.41) is 21.8. The van der Waals surface area contributed by atoms with E-state index >= 15 is 0 Å². The number of benzene rings is 2. The number of nitro groups is 2. The molecule has 2 aromatic carbocycles. The maximum atomic E-state index is 11.0. The van der Waals surface area contributed by atoms with Crippen LogP contribution in [0.4, 0.5) is 11.4 Å². The summed E-state index contributed by atoms with van der Waals surface area (Å²) >= 11 is 0. The zero-order chi connectivity index (χ0) is 14.5. The predicted molar refractivity (Wildman–Crippen MR) is 72.2 cm³/mol. The number of nitrogens with zero attached hydrogens (tertiary/aromatic N) is 2. The van der Waals surface area contributed by atoms with E-state index in [1.54, 1.807) is 24.3 Å². The van der Waals surface area contributed by atoms with Gasteiger partial charge < -0.3 is 0 Å². The minimum absolute atomic E-state index is 0.0213. The van der Waals surface area contributed by atoms with E-state index in [0.29, 0.717) is 5.56 Å². The van der Waals surface area contributed by atoms with Gasteiger partial charge in [-0.25, -0.2) is 0 Å². The molecule has 0 aromatic heterocycles. The van der Waals surface area contributed by atoms with Gasteiger partial charge >= 0.3 is 11.4 Å². The number of para-hydroxylation sites is 1. The molecule has 0 aliphatic rings. The first-order chi connectivity index (χ1) is 9.59. The third kappa shape index (κ3) is 2.79. The second-order valence-electron chi connectivity index (χ2n) is 3.80. The van der Waals surface area contributed by atoms with Gasteiger partial charge in [0.1, 0.15) is 5.56 Å². The Balaban J connectivity index is 2.53. The molecule has 2 rings (SSSR count). The molecule has 98 valence electrons. The molecule has 2 aromatic rings. The molecule has 0 bridgehead atoms. The molecule has 0 saturated carbocycles. The van der Waals surface area contributed by atoms with Crippen molar-refractivity contribution < 1.29 is 9.85 Å². The van der Waals surface area contributed by atoms with Crippen LogP contribution < -0.4 is 0 Å². The van der Waals surface area contributed by atoms with Crippen molar-refractivity contribution in [3.05, 3.63) is 79.9 Å². The molecule has 0 aliphatic heterocycles. The molecule has 0 fully saturated rings. The molecule has 20 heavy (non-hydrogen) atoms. The van der Waals surface area contributed by atoms with Crippen molar-refractivity contribution in [2.24, 2.45) is 0 Å².